The molecule has 0 radical (unpaired) electrons. The SMILES string of the molecule is CC(CC(=O)OCC1CC1C)c1cccc(F)c1. The molecule has 0 amide bonds. The Hall–Kier alpha value is -1.38. The van der Waals surface area contributed by atoms with E-state index >= 15 is 0 Å². The number of hydrogen-bond donors (Lipinski definition) is 0. The number of carbonyl (C=O) groups is 1. The molecule has 2 rings (SSSR count). The maximum atomic E-state index is 13.1. The van der Waals surface area contributed by atoms with Crippen molar-refractivity contribution in [2.24, 2.45) is 11.8 Å². The van der Waals surface area contributed by atoms with Crippen LogP contribution in [0.3, 0.4) is 0 Å². The van der Waals surface area contributed by atoms with Gasteiger partial charge in [0.15, 0.2) is 0 Å². The van der Waals surface area contributed by atoms with Crippen LogP contribution in [0.5, 0.6) is 0 Å². The monoisotopic (exact) mass is 250 g/mol. The van der Waals surface area contributed by atoms with Gasteiger partial charge in [-0.3, -0.25) is 4.79 Å². The van der Waals surface area contributed by atoms with Crippen molar-refractivity contribution in [3.05, 3.63) is 35.6 Å². The molecule has 3 heteroatoms. The molecule has 0 aromatic heterocycles. The molecule has 0 N–H and O–H groups in total. The first-order valence-corrected chi connectivity index (χ1v) is 6.47. The van der Waals surface area contributed by atoms with Crippen molar-refractivity contribution in [3.63, 3.8) is 0 Å². The van der Waals surface area contributed by atoms with Gasteiger partial charge in [0.2, 0.25) is 0 Å². The van der Waals surface area contributed by atoms with E-state index in [9.17, 15) is 9.18 Å². The van der Waals surface area contributed by atoms with E-state index in [1.54, 1.807) is 6.07 Å². The van der Waals surface area contributed by atoms with Crippen LogP contribution in [-0.4, -0.2) is 12.6 Å². The fraction of sp³-hybridized carbons (Fsp3) is 0.533. The van der Waals surface area contributed by atoms with Gasteiger partial charge in [-0.25, -0.2) is 4.39 Å². The van der Waals surface area contributed by atoms with E-state index < -0.39 is 0 Å². The molecule has 1 aliphatic rings. The molecule has 1 saturated carbocycles. The van der Waals surface area contributed by atoms with Crippen molar-refractivity contribution in [3.8, 4) is 0 Å². The van der Waals surface area contributed by atoms with E-state index in [2.05, 4.69) is 6.92 Å². The number of benzene rings is 1. The number of halogens is 1. The zero-order valence-electron chi connectivity index (χ0n) is 10.9. The van der Waals surface area contributed by atoms with Crippen LogP contribution in [0.15, 0.2) is 24.3 Å². The van der Waals surface area contributed by atoms with Crippen molar-refractivity contribution in [1.82, 2.24) is 0 Å². The molecule has 0 spiro atoms. The first kappa shape index (κ1) is 13.1. The smallest absolute Gasteiger partial charge is 0.306 e. The van der Waals surface area contributed by atoms with Crippen LogP contribution in [0.1, 0.15) is 38.2 Å². The lowest BCUT2D eigenvalue weighted by Gasteiger charge is -2.11. The van der Waals surface area contributed by atoms with Crippen LogP contribution in [0.2, 0.25) is 0 Å². The maximum absolute atomic E-state index is 13.1. The molecule has 1 aromatic carbocycles. The minimum Gasteiger partial charge on any atom is -0.465 e. The number of ether oxygens (including phenoxy) is 1. The van der Waals surface area contributed by atoms with Crippen LogP contribution < -0.4 is 0 Å². The van der Waals surface area contributed by atoms with Crippen LogP contribution >= 0.6 is 0 Å². The summed E-state index contributed by atoms with van der Waals surface area (Å²) >= 11 is 0. The molecule has 0 bridgehead atoms. The lowest BCUT2D eigenvalue weighted by molar-refractivity contribution is -0.144. The van der Waals surface area contributed by atoms with Crippen molar-refractivity contribution in [1.29, 1.82) is 0 Å². The van der Waals surface area contributed by atoms with Gasteiger partial charge in [-0.05, 0) is 41.9 Å². The molecule has 2 nitrogen and oxygen atoms in total. The van der Waals surface area contributed by atoms with Gasteiger partial charge in [0, 0.05) is 0 Å². The van der Waals surface area contributed by atoms with Crippen LogP contribution in [0.25, 0.3) is 0 Å². The molecule has 18 heavy (non-hydrogen) atoms. The Bertz CT molecular complexity index is 430. The largest absolute Gasteiger partial charge is 0.465 e. The Balaban J connectivity index is 1.79. The highest BCUT2D eigenvalue weighted by Gasteiger charge is 2.33. The van der Waals surface area contributed by atoms with Crippen LogP contribution in [0, 0.1) is 17.7 Å². The highest BCUT2D eigenvalue weighted by molar-refractivity contribution is 5.70. The molecule has 1 aliphatic carbocycles. The van der Waals surface area contributed by atoms with Crippen molar-refractivity contribution < 1.29 is 13.9 Å². The van der Waals surface area contributed by atoms with Crippen molar-refractivity contribution in [2.75, 3.05) is 6.61 Å². The normalized spacial score (nSPS) is 23.5. The first-order valence-electron chi connectivity index (χ1n) is 6.47. The van der Waals surface area contributed by atoms with Gasteiger partial charge in [-0.2, -0.15) is 0 Å². The summed E-state index contributed by atoms with van der Waals surface area (Å²) in [6.45, 7) is 4.61. The van der Waals surface area contributed by atoms with Gasteiger partial charge in [0.05, 0.1) is 13.0 Å². The summed E-state index contributed by atoms with van der Waals surface area (Å²) in [5, 5.41) is 0. The Kier molecular flexibility index (Phi) is 4.00. The summed E-state index contributed by atoms with van der Waals surface area (Å²) in [6, 6.07) is 6.38. The molecular weight excluding hydrogens is 231 g/mol. The minimum atomic E-state index is -0.264. The van der Waals surface area contributed by atoms with Crippen molar-refractivity contribution >= 4 is 5.97 Å². The standard InChI is InChI=1S/C15H19FO2/c1-10-6-13(10)9-18-15(17)7-11(2)12-4-3-5-14(16)8-12/h3-5,8,10-11,13H,6-7,9H2,1-2H3. The predicted molar refractivity (Wildman–Crippen MR) is 67.7 cm³/mol. The molecule has 3 atom stereocenters. The van der Waals surface area contributed by atoms with Crippen molar-refractivity contribution in [2.45, 2.75) is 32.6 Å². The number of rotatable bonds is 5. The molecule has 0 heterocycles. The van der Waals surface area contributed by atoms with Crippen LogP contribution in [-0.2, 0) is 9.53 Å². The Morgan fingerprint density at radius 3 is 2.89 bits per heavy atom. The zero-order valence-corrected chi connectivity index (χ0v) is 10.9. The summed E-state index contributed by atoms with van der Waals surface area (Å²) < 4.78 is 18.3. The summed E-state index contributed by atoms with van der Waals surface area (Å²) in [4.78, 5) is 11.6. The van der Waals surface area contributed by atoms with E-state index in [1.165, 1.54) is 12.1 Å². The van der Waals surface area contributed by atoms with E-state index in [4.69, 9.17) is 4.74 Å². The number of hydrogen-bond acceptors (Lipinski definition) is 2. The van der Waals surface area contributed by atoms with Gasteiger partial charge in [-0.15, -0.1) is 0 Å². The van der Waals surface area contributed by atoms with E-state index in [1.807, 2.05) is 13.0 Å². The lowest BCUT2D eigenvalue weighted by Crippen LogP contribution is -2.11. The molecule has 3 unspecified atom stereocenters. The molecule has 1 fully saturated rings. The topological polar surface area (TPSA) is 26.3 Å². The third-order valence-corrected chi connectivity index (χ3v) is 3.63. The van der Waals surface area contributed by atoms with Gasteiger partial charge >= 0.3 is 5.97 Å². The minimum absolute atomic E-state index is 0.00942. The third-order valence-electron chi connectivity index (χ3n) is 3.63. The summed E-state index contributed by atoms with van der Waals surface area (Å²) in [7, 11) is 0. The maximum Gasteiger partial charge on any atom is 0.306 e. The van der Waals surface area contributed by atoms with Crippen LogP contribution in [0.4, 0.5) is 4.39 Å². The summed E-state index contributed by atoms with van der Waals surface area (Å²) in [6.07, 6.45) is 1.47. The van der Waals surface area contributed by atoms with Gasteiger partial charge in [0.25, 0.3) is 0 Å². The summed E-state index contributed by atoms with van der Waals surface area (Å²) in [5.41, 5.74) is 0.840. The van der Waals surface area contributed by atoms with Gasteiger partial charge in [0.1, 0.15) is 5.82 Å². The Morgan fingerprint density at radius 1 is 1.56 bits per heavy atom. The second-order valence-corrected chi connectivity index (χ2v) is 5.32. The first-order chi connectivity index (χ1) is 8.56. The molecular formula is C15H19FO2. The second kappa shape index (κ2) is 5.51. The highest BCUT2D eigenvalue weighted by Crippen LogP contribution is 2.37. The summed E-state index contributed by atoms with van der Waals surface area (Å²) in [5.74, 6) is 0.784. The van der Waals surface area contributed by atoms with E-state index in [-0.39, 0.29) is 17.7 Å². The third kappa shape index (κ3) is 3.56. The number of esters is 1. The molecule has 0 saturated heterocycles. The van der Waals surface area contributed by atoms with E-state index in [0.717, 1.165) is 12.0 Å². The fourth-order valence-electron chi connectivity index (χ4n) is 2.07. The molecule has 0 aliphatic heterocycles. The Morgan fingerprint density at radius 2 is 2.28 bits per heavy atom. The number of carbonyl (C=O) groups excluding carboxylic acids is 1. The second-order valence-electron chi connectivity index (χ2n) is 5.32. The fourth-order valence-corrected chi connectivity index (χ4v) is 2.07. The average Bonchev–Trinajstić information content (AvgIpc) is 3.03. The average molecular weight is 250 g/mol. The van der Waals surface area contributed by atoms with Gasteiger partial charge in [-0.1, -0.05) is 26.0 Å². The zero-order chi connectivity index (χ0) is 13.1. The highest BCUT2D eigenvalue weighted by atomic mass is 19.1. The van der Waals surface area contributed by atoms with Gasteiger partial charge < -0.3 is 4.74 Å². The lowest BCUT2D eigenvalue weighted by atomic mass is 9.98. The quantitative estimate of drug-likeness (QED) is 0.747. The van der Waals surface area contributed by atoms with E-state index in [0.29, 0.717) is 24.9 Å². The molecule has 1 aromatic rings. The Labute approximate surface area is 107 Å². The predicted octanol–water partition coefficient (Wildman–Crippen LogP) is 3.52. The molecule has 98 valence electrons.